The molecule has 0 bridgehead atoms. The number of carbonyl (C=O) groups excluding carboxylic acids is 1. The Bertz CT molecular complexity index is 1430. The highest BCUT2D eigenvalue weighted by atomic mass is 35.5. The number of amides is 1. The Balaban J connectivity index is 1.35. The molecular weight excluding hydrogens is 468 g/mol. The molecule has 0 unspecified atom stereocenters. The van der Waals surface area contributed by atoms with E-state index in [1.807, 2.05) is 65.2 Å². The number of nitrogens with zero attached hydrogens (tertiary/aromatic N) is 3. The number of furan rings is 1. The first-order chi connectivity index (χ1) is 16.7. The number of fused-ring (bicyclic) bond motifs is 1. The number of nitrogens with one attached hydrogen (secondary N) is 1. The van der Waals surface area contributed by atoms with Crippen LogP contribution in [0.4, 0.5) is 0 Å². The third-order valence-electron chi connectivity index (χ3n) is 5.34. The molecule has 34 heavy (non-hydrogen) atoms. The van der Waals surface area contributed by atoms with E-state index in [0.717, 1.165) is 22.0 Å². The van der Waals surface area contributed by atoms with E-state index < -0.39 is 0 Å². The van der Waals surface area contributed by atoms with Crippen LogP contribution in [0.25, 0.3) is 28.0 Å². The van der Waals surface area contributed by atoms with Crippen LogP contribution in [-0.4, -0.2) is 33.0 Å². The van der Waals surface area contributed by atoms with Gasteiger partial charge in [0.25, 0.3) is 0 Å². The maximum absolute atomic E-state index is 12.5. The molecule has 0 aliphatic rings. The van der Waals surface area contributed by atoms with Crippen molar-refractivity contribution in [3.8, 4) is 17.3 Å². The van der Waals surface area contributed by atoms with Crippen molar-refractivity contribution in [2.24, 2.45) is 0 Å². The summed E-state index contributed by atoms with van der Waals surface area (Å²) in [7, 11) is 0. The number of thioether (sulfide) groups is 1. The summed E-state index contributed by atoms with van der Waals surface area (Å²) < 4.78 is 7.56. The van der Waals surface area contributed by atoms with Crippen molar-refractivity contribution in [3.63, 3.8) is 0 Å². The van der Waals surface area contributed by atoms with Crippen molar-refractivity contribution < 1.29 is 9.21 Å². The minimum Gasteiger partial charge on any atom is -0.461 e. The van der Waals surface area contributed by atoms with Gasteiger partial charge in [0, 0.05) is 17.0 Å². The number of hydrogen-bond donors (Lipinski definition) is 1. The van der Waals surface area contributed by atoms with E-state index in [2.05, 4.69) is 33.7 Å². The summed E-state index contributed by atoms with van der Waals surface area (Å²) in [4.78, 5) is 12.5. The van der Waals surface area contributed by atoms with Gasteiger partial charge in [-0.1, -0.05) is 71.9 Å². The molecule has 3 aromatic carbocycles. The van der Waals surface area contributed by atoms with Crippen LogP contribution in [-0.2, 0) is 11.2 Å². The SMILES string of the molecule is O=C(CSc1nnc(-c2ccco2)n1-c1cccc2ccccc12)NCCc1cccc(Cl)c1. The summed E-state index contributed by atoms with van der Waals surface area (Å²) >= 11 is 7.37. The Hall–Kier alpha value is -3.55. The van der Waals surface area contributed by atoms with Crippen LogP contribution in [0.2, 0.25) is 5.02 Å². The van der Waals surface area contributed by atoms with Gasteiger partial charge in [0.05, 0.1) is 17.7 Å². The second-order valence-electron chi connectivity index (χ2n) is 7.64. The fraction of sp³-hybridized carbons (Fsp3) is 0.115. The van der Waals surface area contributed by atoms with E-state index >= 15 is 0 Å². The van der Waals surface area contributed by atoms with Gasteiger partial charge in [0.2, 0.25) is 11.7 Å². The third-order valence-corrected chi connectivity index (χ3v) is 6.50. The molecule has 6 nitrogen and oxygen atoms in total. The first-order valence-corrected chi connectivity index (χ1v) is 12.2. The van der Waals surface area contributed by atoms with Gasteiger partial charge in [-0.15, -0.1) is 10.2 Å². The van der Waals surface area contributed by atoms with Crippen molar-refractivity contribution in [1.29, 1.82) is 0 Å². The summed E-state index contributed by atoms with van der Waals surface area (Å²) in [6.45, 7) is 0.535. The quantitative estimate of drug-likeness (QED) is 0.280. The molecule has 2 heterocycles. The fourth-order valence-corrected chi connectivity index (χ4v) is 4.76. The van der Waals surface area contributed by atoms with Crippen molar-refractivity contribution >= 4 is 40.0 Å². The largest absolute Gasteiger partial charge is 0.461 e. The van der Waals surface area contributed by atoms with Crippen molar-refractivity contribution in [2.45, 2.75) is 11.6 Å². The average molecular weight is 489 g/mol. The Morgan fingerprint density at radius 1 is 1.00 bits per heavy atom. The van der Waals surface area contributed by atoms with Gasteiger partial charge in [0.1, 0.15) is 0 Å². The standard InChI is InChI=1S/C26H21ClN4O2S/c27-20-9-3-6-18(16-20)13-14-28-24(32)17-34-26-30-29-25(23-12-5-15-33-23)31(26)22-11-4-8-19-7-1-2-10-21(19)22/h1-12,15-16H,13-14,17H2,(H,28,32). The minimum atomic E-state index is -0.0703. The molecule has 0 fully saturated rings. The highest BCUT2D eigenvalue weighted by molar-refractivity contribution is 7.99. The Morgan fingerprint density at radius 3 is 2.71 bits per heavy atom. The van der Waals surface area contributed by atoms with Crippen molar-refractivity contribution in [3.05, 3.63) is 95.7 Å². The minimum absolute atomic E-state index is 0.0703. The maximum atomic E-state index is 12.5. The normalized spacial score (nSPS) is 11.1. The van der Waals surface area contributed by atoms with E-state index in [1.165, 1.54) is 11.8 Å². The number of hydrogen-bond acceptors (Lipinski definition) is 5. The molecule has 0 aliphatic carbocycles. The first kappa shape index (κ1) is 22.3. The highest BCUT2D eigenvalue weighted by Gasteiger charge is 2.20. The summed E-state index contributed by atoms with van der Waals surface area (Å²) in [5, 5.41) is 15.2. The summed E-state index contributed by atoms with van der Waals surface area (Å²) in [5.41, 5.74) is 2.01. The lowest BCUT2D eigenvalue weighted by Gasteiger charge is -2.12. The molecule has 0 aliphatic heterocycles. The zero-order valence-corrected chi connectivity index (χ0v) is 19.7. The van der Waals surface area contributed by atoms with E-state index in [-0.39, 0.29) is 11.7 Å². The molecule has 0 radical (unpaired) electrons. The Kier molecular flexibility index (Phi) is 6.65. The molecule has 1 amide bonds. The molecule has 5 aromatic rings. The number of aromatic nitrogens is 3. The van der Waals surface area contributed by atoms with Crippen molar-refractivity contribution in [1.82, 2.24) is 20.1 Å². The Morgan fingerprint density at radius 2 is 1.85 bits per heavy atom. The number of benzene rings is 3. The van der Waals surface area contributed by atoms with Gasteiger partial charge in [-0.3, -0.25) is 9.36 Å². The zero-order valence-electron chi connectivity index (χ0n) is 18.1. The molecule has 1 N–H and O–H groups in total. The fourth-order valence-electron chi connectivity index (χ4n) is 3.77. The first-order valence-electron chi connectivity index (χ1n) is 10.8. The predicted octanol–water partition coefficient (Wildman–Crippen LogP) is 5.78. The summed E-state index contributed by atoms with van der Waals surface area (Å²) in [6.07, 6.45) is 2.32. The van der Waals surface area contributed by atoms with E-state index in [1.54, 1.807) is 6.26 Å². The van der Waals surface area contributed by atoms with Crippen molar-refractivity contribution in [2.75, 3.05) is 12.3 Å². The van der Waals surface area contributed by atoms with Gasteiger partial charge < -0.3 is 9.73 Å². The van der Waals surface area contributed by atoms with Crippen LogP contribution in [0, 0.1) is 0 Å². The van der Waals surface area contributed by atoms with Crippen LogP contribution in [0.1, 0.15) is 5.56 Å². The average Bonchev–Trinajstić information content (AvgIpc) is 3.52. The molecular formula is C26H21ClN4O2S. The number of halogens is 1. The van der Waals surface area contributed by atoms with Crippen LogP contribution in [0.5, 0.6) is 0 Å². The van der Waals surface area contributed by atoms with Gasteiger partial charge in [-0.05, 0) is 47.7 Å². The molecule has 170 valence electrons. The number of carbonyl (C=O) groups is 1. The topological polar surface area (TPSA) is 73.0 Å². The summed E-state index contributed by atoms with van der Waals surface area (Å²) in [6, 6.07) is 25.5. The monoisotopic (exact) mass is 488 g/mol. The van der Waals surface area contributed by atoms with E-state index in [9.17, 15) is 4.79 Å². The summed E-state index contributed by atoms with van der Waals surface area (Å²) in [5.74, 6) is 1.35. The molecule has 5 rings (SSSR count). The molecule has 0 saturated heterocycles. The van der Waals surface area contributed by atoms with Gasteiger partial charge >= 0.3 is 0 Å². The van der Waals surface area contributed by atoms with Crippen LogP contribution < -0.4 is 5.32 Å². The maximum Gasteiger partial charge on any atom is 0.230 e. The lowest BCUT2D eigenvalue weighted by molar-refractivity contribution is -0.118. The molecule has 8 heteroatoms. The van der Waals surface area contributed by atoms with Gasteiger partial charge in [-0.2, -0.15) is 0 Å². The Labute approximate surface area is 206 Å². The van der Waals surface area contributed by atoms with Gasteiger partial charge in [0.15, 0.2) is 10.9 Å². The van der Waals surface area contributed by atoms with E-state index in [4.69, 9.17) is 16.0 Å². The smallest absolute Gasteiger partial charge is 0.230 e. The highest BCUT2D eigenvalue weighted by Crippen LogP contribution is 2.32. The molecule has 0 saturated carbocycles. The lowest BCUT2D eigenvalue weighted by Crippen LogP contribution is -2.27. The number of rotatable bonds is 8. The molecule has 0 atom stereocenters. The second-order valence-corrected chi connectivity index (χ2v) is 9.01. The molecule has 2 aromatic heterocycles. The van der Waals surface area contributed by atoms with Gasteiger partial charge in [-0.25, -0.2) is 0 Å². The van der Waals surface area contributed by atoms with Crippen LogP contribution >= 0.6 is 23.4 Å². The zero-order chi connectivity index (χ0) is 23.3. The lowest BCUT2D eigenvalue weighted by atomic mass is 10.1. The van der Waals surface area contributed by atoms with Crippen LogP contribution in [0.3, 0.4) is 0 Å². The predicted molar refractivity (Wildman–Crippen MR) is 135 cm³/mol. The van der Waals surface area contributed by atoms with Crippen LogP contribution in [0.15, 0.2) is 94.7 Å². The van der Waals surface area contributed by atoms with E-state index in [0.29, 0.717) is 34.7 Å². The second kappa shape index (κ2) is 10.2. The molecule has 0 spiro atoms. The third kappa shape index (κ3) is 4.85.